The summed E-state index contributed by atoms with van der Waals surface area (Å²) < 4.78 is 3.22. The second-order valence-electron chi connectivity index (χ2n) is 4.54. The quantitative estimate of drug-likeness (QED) is 0.746. The maximum absolute atomic E-state index is 11.7. The third-order valence-electron chi connectivity index (χ3n) is 3.14. The molecule has 0 fully saturated rings. The first-order valence-corrected chi connectivity index (χ1v) is 6.00. The van der Waals surface area contributed by atoms with E-state index in [1.807, 2.05) is 18.3 Å². The van der Waals surface area contributed by atoms with Gasteiger partial charge in [0.1, 0.15) is 11.3 Å². The molecule has 0 saturated heterocycles. The minimum Gasteiger partial charge on any atom is -0.364 e. The number of carbonyl (C=O) groups is 1. The van der Waals surface area contributed by atoms with E-state index in [0.717, 1.165) is 11.1 Å². The van der Waals surface area contributed by atoms with Crippen LogP contribution in [-0.2, 0) is 7.05 Å². The maximum Gasteiger partial charge on any atom is 0.268 e. The van der Waals surface area contributed by atoms with Gasteiger partial charge >= 0.3 is 0 Å². The summed E-state index contributed by atoms with van der Waals surface area (Å²) in [6.07, 6.45) is 5.09. The molecule has 0 aliphatic carbocycles. The standard InChI is InChI=1S/C14H12N4O2/c1-17-5-4-9(6-13(17)19)10-2-3-12-16-11(14(15)20)8-18(12)7-10/h2-8H,1H3,(H2,15,20). The molecule has 100 valence electrons. The smallest absolute Gasteiger partial charge is 0.268 e. The molecule has 0 aliphatic rings. The Morgan fingerprint density at radius 1 is 1.20 bits per heavy atom. The number of hydrogen-bond acceptors (Lipinski definition) is 3. The van der Waals surface area contributed by atoms with E-state index in [2.05, 4.69) is 4.98 Å². The van der Waals surface area contributed by atoms with E-state index >= 15 is 0 Å². The number of aromatic nitrogens is 3. The summed E-state index contributed by atoms with van der Waals surface area (Å²) in [7, 11) is 1.70. The molecule has 0 radical (unpaired) electrons. The average Bonchev–Trinajstić information content (AvgIpc) is 2.85. The lowest BCUT2D eigenvalue weighted by Gasteiger charge is -2.03. The van der Waals surface area contributed by atoms with Crippen molar-refractivity contribution in [2.75, 3.05) is 0 Å². The first-order valence-electron chi connectivity index (χ1n) is 6.00. The predicted molar refractivity (Wildman–Crippen MR) is 74.4 cm³/mol. The number of rotatable bonds is 2. The largest absolute Gasteiger partial charge is 0.364 e. The van der Waals surface area contributed by atoms with Gasteiger partial charge in [0.15, 0.2) is 0 Å². The lowest BCUT2D eigenvalue weighted by atomic mass is 10.1. The van der Waals surface area contributed by atoms with E-state index in [4.69, 9.17) is 5.73 Å². The van der Waals surface area contributed by atoms with E-state index in [1.165, 1.54) is 4.57 Å². The Hall–Kier alpha value is -2.89. The number of hydrogen-bond donors (Lipinski definition) is 1. The molecular weight excluding hydrogens is 256 g/mol. The number of fused-ring (bicyclic) bond motifs is 1. The van der Waals surface area contributed by atoms with Crippen molar-refractivity contribution in [1.29, 1.82) is 0 Å². The summed E-state index contributed by atoms with van der Waals surface area (Å²) in [5.41, 5.74) is 7.65. The molecule has 0 aliphatic heterocycles. The van der Waals surface area contributed by atoms with E-state index in [0.29, 0.717) is 5.65 Å². The number of primary amides is 1. The van der Waals surface area contributed by atoms with Gasteiger partial charge in [0.2, 0.25) is 0 Å². The first kappa shape index (κ1) is 12.2. The van der Waals surface area contributed by atoms with Gasteiger partial charge in [0.25, 0.3) is 11.5 Å². The van der Waals surface area contributed by atoms with Crippen molar-refractivity contribution in [3.05, 3.63) is 58.9 Å². The van der Waals surface area contributed by atoms with Crippen molar-refractivity contribution in [1.82, 2.24) is 14.0 Å². The molecule has 1 amide bonds. The van der Waals surface area contributed by atoms with Crippen LogP contribution >= 0.6 is 0 Å². The van der Waals surface area contributed by atoms with Crippen molar-refractivity contribution in [3.63, 3.8) is 0 Å². The summed E-state index contributed by atoms with van der Waals surface area (Å²) in [6.45, 7) is 0. The Morgan fingerprint density at radius 3 is 2.70 bits per heavy atom. The zero-order valence-electron chi connectivity index (χ0n) is 10.8. The van der Waals surface area contributed by atoms with Crippen LogP contribution in [0.15, 0.2) is 47.7 Å². The van der Waals surface area contributed by atoms with Crippen LogP contribution in [0, 0.1) is 0 Å². The van der Waals surface area contributed by atoms with Crippen LogP contribution in [-0.4, -0.2) is 19.9 Å². The van der Waals surface area contributed by atoms with Gasteiger partial charge in [0.05, 0.1) is 0 Å². The SMILES string of the molecule is Cn1ccc(-c2ccc3nc(C(N)=O)cn3c2)cc1=O. The highest BCUT2D eigenvalue weighted by atomic mass is 16.1. The molecule has 2 N–H and O–H groups in total. The topological polar surface area (TPSA) is 82.4 Å². The minimum absolute atomic E-state index is 0.0777. The van der Waals surface area contributed by atoms with Gasteiger partial charge in [-0.25, -0.2) is 4.98 Å². The fraction of sp³-hybridized carbons (Fsp3) is 0.0714. The molecule has 0 aromatic carbocycles. The molecule has 3 heterocycles. The summed E-state index contributed by atoms with van der Waals surface area (Å²) in [4.78, 5) is 26.9. The van der Waals surface area contributed by atoms with Crippen molar-refractivity contribution in [2.45, 2.75) is 0 Å². The first-order chi connectivity index (χ1) is 9.54. The second-order valence-corrected chi connectivity index (χ2v) is 4.54. The summed E-state index contributed by atoms with van der Waals surface area (Å²) >= 11 is 0. The Kier molecular flexibility index (Phi) is 2.64. The fourth-order valence-electron chi connectivity index (χ4n) is 2.01. The third kappa shape index (κ3) is 1.97. The molecule has 0 saturated carbocycles. The number of nitrogens with two attached hydrogens (primary N) is 1. The highest BCUT2D eigenvalue weighted by Gasteiger charge is 2.08. The lowest BCUT2D eigenvalue weighted by molar-refractivity contribution is 0.0996. The summed E-state index contributed by atoms with van der Waals surface area (Å²) in [5.74, 6) is -0.566. The molecule has 0 spiro atoms. The Balaban J connectivity index is 2.14. The van der Waals surface area contributed by atoms with Gasteiger partial charge in [0, 0.05) is 31.7 Å². The summed E-state index contributed by atoms with van der Waals surface area (Å²) in [5, 5.41) is 0. The second kappa shape index (κ2) is 4.34. The fourth-order valence-corrected chi connectivity index (χ4v) is 2.01. The van der Waals surface area contributed by atoms with Crippen LogP contribution in [0.5, 0.6) is 0 Å². The van der Waals surface area contributed by atoms with Crippen molar-refractivity contribution in [2.24, 2.45) is 12.8 Å². The van der Waals surface area contributed by atoms with E-state index in [1.54, 1.807) is 36.0 Å². The van der Waals surface area contributed by atoms with Crippen LogP contribution in [0.4, 0.5) is 0 Å². The third-order valence-corrected chi connectivity index (χ3v) is 3.14. The van der Waals surface area contributed by atoms with E-state index in [9.17, 15) is 9.59 Å². The van der Waals surface area contributed by atoms with Crippen molar-refractivity contribution < 1.29 is 4.79 Å². The number of amides is 1. The molecule has 20 heavy (non-hydrogen) atoms. The molecular formula is C14H12N4O2. The van der Waals surface area contributed by atoms with E-state index in [-0.39, 0.29) is 11.3 Å². The molecule has 6 nitrogen and oxygen atoms in total. The summed E-state index contributed by atoms with van der Waals surface area (Å²) in [6, 6.07) is 7.04. The molecule has 0 bridgehead atoms. The Morgan fingerprint density at radius 2 is 2.00 bits per heavy atom. The Labute approximate surface area is 114 Å². The van der Waals surface area contributed by atoms with Gasteiger partial charge in [-0.2, -0.15) is 0 Å². The van der Waals surface area contributed by atoms with Crippen LogP contribution in [0.25, 0.3) is 16.8 Å². The number of carbonyl (C=O) groups excluding carboxylic acids is 1. The number of aryl methyl sites for hydroxylation is 1. The van der Waals surface area contributed by atoms with Gasteiger partial charge in [-0.15, -0.1) is 0 Å². The van der Waals surface area contributed by atoms with Gasteiger partial charge in [-0.05, 0) is 29.3 Å². The molecule has 0 atom stereocenters. The number of pyridine rings is 2. The number of imidazole rings is 1. The van der Waals surface area contributed by atoms with Crippen molar-refractivity contribution >= 4 is 11.6 Å². The van der Waals surface area contributed by atoms with Gasteiger partial charge in [-0.1, -0.05) is 0 Å². The Bertz CT molecular complexity index is 876. The molecule has 6 heteroatoms. The minimum atomic E-state index is -0.566. The zero-order valence-corrected chi connectivity index (χ0v) is 10.8. The van der Waals surface area contributed by atoms with Crippen LogP contribution in [0.3, 0.4) is 0 Å². The van der Waals surface area contributed by atoms with E-state index < -0.39 is 5.91 Å². The molecule has 0 unspecified atom stereocenters. The zero-order chi connectivity index (χ0) is 14.3. The van der Waals surface area contributed by atoms with Crippen LogP contribution in [0.1, 0.15) is 10.5 Å². The average molecular weight is 268 g/mol. The monoisotopic (exact) mass is 268 g/mol. The molecule has 3 rings (SSSR count). The maximum atomic E-state index is 11.7. The van der Waals surface area contributed by atoms with Crippen LogP contribution in [0.2, 0.25) is 0 Å². The predicted octanol–water partition coefficient (Wildman–Crippen LogP) is 0.799. The number of nitrogens with zero attached hydrogens (tertiary/aromatic N) is 3. The molecule has 3 aromatic heterocycles. The van der Waals surface area contributed by atoms with Crippen molar-refractivity contribution in [3.8, 4) is 11.1 Å². The lowest BCUT2D eigenvalue weighted by Crippen LogP contribution is -2.14. The van der Waals surface area contributed by atoms with Gasteiger partial charge in [-0.3, -0.25) is 9.59 Å². The van der Waals surface area contributed by atoms with Crippen LogP contribution < -0.4 is 11.3 Å². The normalized spacial score (nSPS) is 10.8. The molecule has 3 aromatic rings. The van der Waals surface area contributed by atoms with Gasteiger partial charge < -0.3 is 14.7 Å². The highest BCUT2D eigenvalue weighted by molar-refractivity contribution is 5.91. The highest BCUT2D eigenvalue weighted by Crippen LogP contribution is 2.18.